The molecule has 0 spiro atoms. The highest BCUT2D eigenvalue weighted by atomic mass is 79.9. The lowest BCUT2D eigenvalue weighted by atomic mass is 10.2. The molecule has 0 aliphatic rings. The zero-order valence-corrected chi connectivity index (χ0v) is 9.18. The van der Waals surface area contributed by atoms with Crippen molar-refractivity contribution in [1.29, 1.82) is 0 Å². The maximum Gasteiger partial charge on any atom is 0.254 e. The lowest BCUT2D eigenvalue weighted by Crippen LogP contribution is -2.25. The molecule has 0 bridgehead atoms. The van der Waals surface area contributed by atoms with Gasteiger partial charge in [0.25, 0.3) is 5.91 Å². The summed E-state index contributed by atoms with van der Waals surface area (Å²) >= 11 is 3.24. The van der Waals surface area contributed by atoms with E-state index < -0.39 is 5.82 Å². The van der Waals surface area contributed by atoms with Gasteiger partial charge in [0.05, 0.1) is 5.56 Å². The van der Waals surface area contributed by atoms with E-state index >= 15 is 0 Å². The van der Waals surface area contributed by atoms with Crippen LogP contribution < -0.4 is 5.32 Å². The van der Waals surface area contributed by atoms with Crippen molar-refractivity contribution in [2.75, 3.05) is 11.9 Å². The lowest BCUT2D eigenvalue weighted by Gasteiger charge is -2.04. The Morgan fingerprint density at radius 3 is 2.79 bits per heavy atom. The van der Waals surface area contributed by atoms with Crippen molar-refractivity contribution >= 4 is 21.8 Å². The second kappa shape index (κ2) is 5.75. The minimum absolute atomic E-state index is 0.0991. The molecule has 0 saturated carbocycles. The first-order chi connectivity index (χ1) is 6.75. The van der Waals surface area contributed by atoms with Gasteiger partial charge in [-0.15, -0.1) is 0 Å². The zero-order chi connectivity index (χ0) is 10.4. The highest BCUT2D eigenvalue weighted by molar-refractivity contribution is 9.09. The van der Waals surface area contributed by atoms with Crippen molar-refractivity contribution < 1.29 is 9.18 Å². The molecule has 0 atom stereocenters. The van der Waals surface area contributed by atoms with Crippen LogP contribution in [0.5, 0.6) is 0 Å². The smallest absolute Gasteiger partial charge is 0.254 e. The Bertz CT molecular complexity index is 317. The van der Waals surface area contributed by atoms with Crippen molar-refractivity contribution in [2.24, 2.45) is 0 Å². The molecule has 1 aromatic carbocycles. The summed E-state index contributed by atoms with van der Waals surface area (Å²) in [6, 6.07) is 5.95. The van der Waals surface area contributed by atoms with Crippen LogP contribution in [0.4, 0.5) is 4.39 Å². The number of hydrogen-bond acceptors (Lipinski definition) is 1. The Balaban J connectivity index is 2.56. The minimum Gasteiger partial charge on any atom is -0.352 e. The van der Waals surface area contributed by atoms with Crippen LogP contribution in [-0.4, -0.2) is 17.8 Å². The predicted octanol–water partition coefficient (Wildman–Crippen LogP) is 2.34. The summed E-state index contributed by atoms with van der Waals surface area (Å²) in [6.07, 6.45) is 0.834. The molecule has 0 unspecified atom stereocenters. The number of carbonyl (C=O) groups is 1. The van der Waals surface area contributed by atoms with E-state index in [-0.39, 0.29) is 11.5 Å². The maximum atomic E-state index is 13.1. The van der Waals surface area contributed by atoms with Crippen molar-refractivity contribution in [3.63, 3.8) is 0 Å². The first kappa shape index (κ1) is 11.2. The molecule has 1 amide bonds. The second-order valence-corrected chi connectivity index (χ2v) is 3.57. The monoisotopic (exact) mass is 259 g/mol. The Hall–Kier alpha value is -0.900. The minimum atomic E-state index is -0.483. The maximum absolute atomic E-state index is 13.1. The van der Waals surface area contributed by atoms with Crippen LogP contribution in [-0.2, 0) is 0 Å². The van der Waals surface area contributed by atoms with Crippen LogP contribution in [0.15, 0.2) is 24.3 Å². The number of benzene rings is 1. The summed E-state index contributed by atoms with van der Waals surface area (Å²) in [4.78, 5) is 11.4. The first-order valence-corrected chi connectivity index (χ1v) is 5.46. The van der Waals surface area contributed by atoms with Crippen LogP contribution >= 0.6 is 15.9 Å². The van der Waals surface area contributed by atoms with Gasteiger partial charge in [-0.3, -0.25) is 4.79 Å². The molecule has 1 N–H and O–H groups in total. The topological polar surface area (TPSA) is 29.1 Å². The third-order valence-corrected chi connectivity index (χ3v) is 2.28. The van der Waals surface area contributed by atoms with E-state index in [0.29, 0.717) is 6.54 Å². The third kappa shape index (κ3) is 3.10. The van der Waals surface area contributed by atoms with Gasteiger partial charge < -0.3 is 5.32 Å². The first-order valence-electron chi connectivity index (χ1n) is 4.34. The molecule has 0 heterocycles. The van der Waals surface area contributed by atoms with Gasteiger partial charge in [-0.1, -0.05) is 28.1 Å². The summed E-state index contributed by atoms with van der Waals surface area (Å²) in [7, 11) is 0. The van der Waals surface area contributed by atoms with E-state index in [1.54, 1.807) is 12.1 Å². The SMILES string of the molecule is O=C(NCCCBr)c1ccccc1F. The normalized spacial score (nSPS) is 9.86. The van der Waals surface area contributed by atoms with E-state index in [1.165, 1.54) is 12.1 Å². The molecule has 0 aliphatic heterocycles. The molecule has 0 radical (unpaired) electrons. The highest BCUT2D eigenvalue weighted by Crippen LogP contribution is 2.05. The van der Waals surface area contributed by atoms with Crippen LogP contribution in [0.1, 0.15) is 16.8 Å². The van der Waals surface area contributed by atoms with E-state index in [0.717, 1.165) is 11.8 Å². The molecule has 0 aromatic heterocycles. The molecule has 76 valence electrons. The molecular weight excluding hydrogens is 249 g/mol. The standard InChI is InChI=1S/C10H11BrFNO/c11-6-3-7-13-10(14)8-4-1-2-5-9(8)12/h1-2,4-5H,3,6-7H2,(H,13,14). The molecule has 0 saturated heterocycles. The van der Waals surface area contributed by atoms with Gasteiger partial charge in [0, 0.05) is 11.9 Å². The molecule has 4 heteroatoms. The second-order valence-electron chi connectivity index (χ2n) is 2.78. The van der Waals surface area contributed by atoms with Gasteiger partial charge in [-0.25, -0.2) is 4.39 Å². The van der Waals surface area contributed by atoms with Crippen LogP contribution in [0, 0.1) is 5.82 Å². The van der Waals surface area contributed by atoms with E-state index in [2.05, 4.69) is 21.2 Å². The Labute approximate surface area is 90.6 Å². The van der Waals surface area contributed by atoms with Crippen molar-refractivity contribution in [3.8, 4) is 0 Å². The Morgan fingerprint density at radius 2 is 2.14 bits per heavy atom. The fraction of sp³-hybridized carbons (Fsp3) is 0.300. The lowest BCUT2D eigenvalue weighted by molar-refractivity contribution is 0.0950. The average molecular weight is 260 g/mol. The number of rotatable bonds is 4. The van der Waals surface area contributed by atoms with Gasteiger partial charge in [-0.05, 0) is 18.6 Å². The number of alkyl halides is 1. The molecule has 0 aliphatic carbocycles. The number of nitrogens with one attached hydrogen (secondary N) is 1. The molecule has 2 nitrogen and oxygen atoms in total. The predicted molar refractivity (Wildman–Crippen MR) is 57.1 cm³/mol. The van der Waals surface area contributed by atoms with Gasteiger partial charge in [-0.2, -0.15) is 0 Å². The number of carbonyl (C=O) groups excluding carboxylic acids is 1. The molecular formula is C10H11BrFNO. The summed E-state index contributed by atoms with van der Waals surface area (Å²) in [5.74, 6) is -0.840. The fourth-order valence-corrected chi connectivity index (χ4v) is 1.29. The van der Waals surface area contributed by atoms with Crippen molar-refractivity contribution in [1.82, 2.24) is 5.32 Å². The number of hydrogen-bond donors (Lipinski definition) is 1. The largest absolute Gasteiger partial charge is 0.352 e. The van der Waals surface area contributed by atoms with E-state index in [1.807, 2.05) is 0 Å². The Morgan fingerprint density at radius 1 is 1.43 bits per heavy atom. The van der Waals surface area contributed by atoms with Gasteiger partial charge in [0.1, 0.15) is 5.82 Å². The number of halogens is 2. The molecule has 1 aromatic rings. The van der Waals surface area contributed by atoms with Crippen molar-refractivity contribution in [3.05, 3.63) is 35.6 Å². The van der Waals surface area contributed by atoms with Crippen LogP contribution in [0.3, 0.4) is 0 Å². The molecule has 1 rings (SSSR count). The summed E-state index contributed by atoms with van der Waals surface area (Å²) in [6.45, 7) is 0.554. The molecule has 0 fully saturated rings. The average Bonchev–Trinajstić information content (AvgIpc) is 2.18. The number of amides is 1. The van der Waals surface area contributed by atoms with Gasteiger partial charge >= 0.3 is 0 Å². The quantitative estimate of drug-likeness (QED) is 0.653. The van der Waals surface area contributed by atoms with Crippen LogP contribution in [0.25, 0.3) is 0 Å². The van der Waals surface area contributed by atoms with Gasteiger partial charge in [0.2, 0.25) is 0 Å². The zero-order valence-electron chi connectivity index (χ0n) is 7.59. The highest BCUT2D eigenvalue weighted by Gasteiger charge is 2.08. The summed E-state index contributed by atoms with van der Waals surface area (Å²) in [5, 5.41) is 3.46. The van der Waals surface area contributed by atoms with Crippen molar-refractivity contribution in [2.45, 2.75) is 6.42 Å². The fourth-order valence-electron chi connectivity index (χ4n) is 1.01. The summed E-state index contributed by atoms with van der Waals surface area (Å²) in [5.41, 5.74) is 0.0991. The van der Waals surface area contributed by atoms with E-state index in [4.69, 9.17) is 0 Å². The third-order valence-electron chi connectivity index (χ3n) is 1.71. The summed E-state index contributed by atoms with van der Waals surface area (Å²) < 4.78 is 13.1. The van der Waals surface area contributed by atoms with Crippen LogP contribution in [0.2, 0.25) is 0 Å². The Kier molecular flexibility index (Phi) is 4.59. The molecule has 14 heavy (non-hydrogen) atoms. The van der Waals surface area contributed by atoms with E-state index in [9.17, 15) is 9.18 Å². The van der Waals surface area contributed by atoms with Gasteiger partial charge in [0.15, 0.2) is 0 Å².